The number of halogens is 2. The van der Waals surface area contributed by atoms with Crippen LogP contribution in [0.25, 0.3) is 0 Å². The van der Waals surface area contributed by atoms with Gasteiger partial charge in [0.15, 0.2) is 6.61 Å². The number of carbonyl (C=O) groups is 2. The maximum absolute atomic E-state index is 12.8. The number of ether oxygens (including phenoxy) is 1. The van der Waals surface area contributed by atoms with Crippen LogP contribution in [-0.4, -0.2) is 29.9 Å². The van der Waals surface area contributed by atoms with Crippen LogP contribution in [0, 0.1) is 5.82 Å². The molecule has 18 heavy (non-hydrogen) atoms. The summed E-state index contributed by atoms with van der Waals surface area (Å²) in [5.41, 5.74) is 0. The van der Waals surface area contributed by atoms with Gasteiger partial charge >= 0.3 is 0 Å². The first kappa shape index (κ1) is 12.8. The Morgan fingerprint density at radius 2 is 2.28 bits per heavy atom. The highest BCUT2D eigenvalue weighted by Crippen LogP contribution is 2.24. The molecule has 0 spiro atoms. The lowest BCUT2D eigenvalue weighted by Gasteiger charge is -2.14. The van der Waals surface area contributed by atoms with E-state index < -0.39 is 11.7 Å². The van der Waals surface area contributed by atoms with Gasteiger partial charge in [-0.1, -0.05) is 11.6 Å². The Hall–Kier alpha value is -1.62. The second-order valence-corrected chi connectivity index (χ2v) is 4.31. The van der Waals surface area contributed by atoms with E-state index in [-0.39, 0.29) is 23.3 Å². The molecule has 0 bridgehead atoms. The molecule has 96 valence electrons. The van der Waals surface area contributed by atoms with Crippen molar-refractivity contribution in [3.63, 3.8) is 0 Å². The molecule has 6 heteroatoms. The zero-order chi connectivity index (χ0) is 13.1. The van der Waals surface area contributed by atoms with Crippen LogP contribution < -0.4 is 4.74 Å². The van der Waals surface area contributed by atoms with Crippen molar-refractivity contribution in [2.24, 2.45) is 0 Å². The normalized spacial score (nSPS) is 15.0. The number of hydrogen-bond donors (Lipinski definition) is 0. The Labute approximate surface area is 108 Å². The average molecular weight is 272 g/mol. The third kappa shape index (κ3) is 2.79. The number of amides is 2. The van der Waals surface area contributed by atoms with Gasteiger partial charge in [0.2, 0.25) is 5.91 Å². The topological polar surface area (TPSA) is 46.6 Å². The molecule has 0 aliphatic carbocycles. The maximum atomic E-state index is 12.8. The van der Waals surface area contributed by atoms with Crippen LogP contribution in [0.3, 0.4) is 0 Å². The van der Waals surface area contributed by atoms with Crippen molar-refractivity contribution >= 4 is 23.4 Å². The van der Waals surface area contributed by atoms with E-state index in [0.29, 0.717) is 19.4 Å². The molecule has 1 aliphatic heterocycles. The molecule has 1 heterocycles. The number of hydrogen-bond acceptors (Lipinski definition) is 3. The van der Waals surface area contributed by atoms with E-state index in [9.17, 15) is 14.0 Å². The van der Waals surface area contributed by atoms with Gasteiger partial charge in [0, 0.05) is 13.0 Å². The van der Waals surface area contributed by atoms with E-state index in [2.05, 4.69) is 0 Å². The fourth-order valence-corrected chi connectivity index (χ4v) is 1.94. The van der Waals surface area contributed by atoms with E-state index in [1.165, 1.54) is 12.1 Å². The monoisotopic (exact) mass is 271 g/mol. The van der Waals surface area contributed by atoms with Crippen molar-refractivity contribution in [1.29, 1.82) is 0 Å². The van der Waals surface area contributed by atoms with Crippen LogP contribution >= 0.6 is 11.6 Å². The summed E-state index contributed by atoms with van der Waals surface area (Å²) in [6.07, 6.45) is 1.07. The standard InChI is InChI=1S/C12H11ClFNO3/c13-9-6-8(14)3-4-10(9)18-7-12(17)15-5-1-2-11(15)16/h3-4,6H,1-2,5,7H2. The van der Waals surface area contributed by atoms with E-state index >= 15 is 0 Å². The summed E-state index contributed by atoms with van der Waals surface area (Å²) >= 11 is 5.74. The lowest BCUT2D eigenvalue weighted by atomic mass is 10.3. The van der Waals surface area contributed by atoms with Gasteiger partial charge in [0.25, 0.3) is 5.91 Å². The molecule has 0 N–H and O–H groups in total. The third-order valence-electron chi connectivity index (χ3n) is 2.62. The van der Waals surface area contributed by atoms with Gasteiger partial charge in [-0.25, -0.2) is 4.39 Å². The van der Waals surface area contributed by atoms with Crippen LogP contribution in [-0.2, 0) is 9.59 Å². The predicted molar refractivity (Wildman–Crippen MR) is 62.9 cm³/mol. The summed E-state index contributed by atoms with van der Waals surface area (Å²) < 4.78 is 18.0. The van der Waals surface area contributed by atoms with Crippen molar-refractivity contribution in [3.8, 4) is 5.75 Å². The van der Waals surface area contributed by atoms with Gasteiger partial charge in [-0.05, 0) is 24.6 Å². The smallest absolute Gasteiger partial charge is 0.267 e. The van der Waals surface area contributed by atoms with Crippen LogP contribution in [0.2, 0.25) is 5.02 Å². The molecule has 0 aromatic heterocycles. The van der Waals surface area contributed by atoms with Gasteiger partial charge < -0.3 is 4.74 Å². The van der Waals surface area contributed by atoms with E-state index in [4.69, 9.17) is 16.3 Å². The van der Waals surface area contributed by atoms with Gasteiger partial charge in [0.05, 0.1) is 5.02 Å². The highest BCUT2D eigenvalue weighted by molar-refractivity contribution is 6.32. The second kappa shape index (κ2) is 5.35. The Bertz CT molecular complexity index is 492. The Morgan fingerprint density at radius 1 is 1.50 bits per heavy atom. The molecule has 0 radical (unpaired) electrons. The summed E-state index contributed by atoms with van der Waals surface area (Å²) in [5, 5.41) is 0.0931. The molecule has 1 aliphatic rings. The lowest BCUT2D eigenvalue weighted by Crippen LogP contribution is -2.35. The first-order valence-corrected chi connectivity index (χ1v) is 5.87. The minimum Gasteiger partial charge on any atom is -0.482 e. The van der Waals surface area contributed by atoms with Crippen molar-refractivity contribution in [2.75, 3.05) is 13.2 Å². The van der Waals surface area contributed by atoms with Crippen molar-refractivity contribution < 1.29 is 18.7 Å². The zero-order valence-corrected chi connectivity index (χ0v) is 10.2. The van der Waals surface area contributed by atoms with Crippen molar-refractivity contribution in [2.45, 2.75) is 12.8 Å². The fraction of sp³-hybridized carbons (Fsp3) is 0.333. The second-order valence-electron chi connectivity index (χ2n) is 3.91. The van der Waals surface area contributed by atoms with Crippen molar-refractivity contribution in [1.82, 2.24) is 4.90 Å². The minimum absolute atomic E-state index is 0.0931. The number of nitrogens with zero attached hydrogens (tertiary/aromatic N) is 1. The number of benzene rings is 1. The Kier molecular flexibility index (Phi) is 3.81. The number of carbonyl (C=O) groups excluding carboxylic acids is 2. The molecule has 0 unspecified atom stereocenters. The highest BCUT2D eigenvalue weighted by Gasteiger charge is 2.26. The maximum Gasteiger partial charge on any atom is 0.267 e. The van der Waals surface area contributed by atoms with Gasteiger partial charge in [-0.3, -0.25) is 14.5 Å². The van der Waals surface area contributed by atoms with Crippen molar-refractivity contribution in [3.05, 3.63) is 29.0 Å². The first-order chi connectivity index (χ1) is 8.58. The summed E-state index contributed by atoms with van der Waals surface area (Å²) in [5.74, 6) is -0.849. The third-order valence-corrected chi connectivity index (χ3v) is 2.91. The molecule has 1 saturated heterocycles. The summed E-state index contributed by atoms with van der Waals surface area (Å²) in [6.45, 7) is 0.148. The summed E-state index contributed by atoms with van der Waals surface area (Å²) in [4.78, 5) is 24.1. The first-order valence-electron chi connectivity index (χ1n) is 5.49. The average Bonchev–Trinajstić information content (AvgIpc) is 2.74. The minimum atomic E-state index is -0.478. The quantitative estimate of drug-likeness (QED) is 0.845. The molecule has 1 aromatic carbocycles. The molecule has 2 rings (SSSR count). The fourth-order valence-electron chi connectivity index (χ4n) is 1.72. The van der Waals surface area contributed by atoms with Gasteiger partial charge in [-0.2, -0.15) is 0 Å². The lowest BCUT2D eigenvalue weighted by molar-refractivity contribution is -0.143. The Balaban J connectivity index is 1.95. The van der Waals surface area contributed by atoms with Gasteiger partial charge in [-0.15, -0.1) is 0 Å². The van der Waals surface area contributed by atoms with Gasteiger partial charge in [0.1, 0.15) is 11.6 Å². The zero-order valence-electron chi connectivity index (χ0n) is 9.49. The molecule has 1 aromatic rings. The van der Waals surface area contributed by atoms with Crippen LogP contribution in [0.1, 0.15) is 12.8 Å². The van der Waals surface area contributed by atoms with Crippen LogP contribution in [0.4, 0.5) is 4.39 Å². The molecule has 0 saturated carbocycles. The molecule has 4 nitrogen and oxygen atoms in total. The molecular formula is C12H11ClFNO3. The van der Waals surface area contributed by atoms with Crippen LogP contribution in [0.15, 0.2) is 18.2 Å². The summed E-state index contributed by atoms with van der Waals surface area (Å²) in [6, 6.07) is 3.63. The van der Waals surface area contributed by atoms with E-state index in [1.54, 1.807) is 0 Å². The number of rotatable bonds is 3. The van der Waals surface area contributed by atoms with E-state index in [0.717, 1.165) is 11.0 Å². The number of imide groups is 1. The molecule has 2 amide bonds. The SMILES string of the molecule is O=C1CCCN1C(=O)COc1ccc(F)cc1Cl. The molecule has 1 fully saturated rings. The predicted octanol–water partition coefficient (Wildman–Crippen LogP) is 2.01. The number of likely N-dealkylation sites (tertiary alicyclic amines) is 1. The Morgan fingerprint density at radius 3 is 2.89 bits per heavy atom. The molecular weight excluding hydrogens is 261 g/mol. The largest absolute Gasteiger partial charge is 0.482 e. The van der Waals surface area contributed by atoms with Crippen LogP contribution in [0.5, 0.6) is 5.75 Å². The highest BCUT2D eigenvalue weighted by atomic mass is 35.5. The summed E-state index contributed by atoms with van der Waals surface area (Å²) in [7, 11) is 0. The molecule has 0 atom stereocenters. The van der Waals surface area contributed by atoms with E-state index in [1.807, 2.05) is 0 Å².